The van der Waals surface area contributed by atoms with Crippen LogP contribution in [0.2, 0.25) is 0 Å². The van der Waals surface area contributed by atoms with Crippen LogP contribution in [0.5, 0.6) is 0 Å². The summed E-state index contributed by atoms with van der Waals surface area (Å²) in [5, 5.41) is 0. The molecule has 0 N–H and O–H groups in total. The summed E-state index contributed by atoms with van der Waals surface area (Å²) in [6.07, 6.45) is 4.26. The van der Waals surface area contributed by atoms with Gasteiger partial charge in [0.05, 0.1) is 13.2 Å². The van der Waals surface area contributed by atoms with Crippen molar-refractivity contribution in [3.63, 3.8) is 0 Å². The van der Waals surface area contributed by atoms with E-state index in [0.29, 0.717) is 0 Å². The van der Waals surface area contributed by atoms with Crippen LogP contribution in [-0.2, 0) is 11.4 Å². The summed E-state index contributed by atoms with van der Waals surface area (Å²) in [6.45, 7) is 6.91. The molecule has 1 aliphatic heterocycles. The fourth-order valence-electron chi connectivity index (χ4n) is 1.60. The number of ether oxygens (including phenoxy) is 1. The standard InChI is InChI=1S/C11H17N2O/c1-11-2-4-12(5-3-11)10-13-6-8-14-9-7-13/h2-5H,6-10H2,1H3/q+1. The van der Waals surface area contributed by atoms with E-state index in [-0.39, 0.29) is 0 Å². The van der Waals surface area contributed by atoms with Gasteiger partial charge >= 0.3 is 0 Å². The van der Waals surface area contributed by atoms with Crippen LogP contribution in [0.15, 0.2) is 24.5 Å². The maximum Gasteiger partial charge on any atom is 0.204 e. The lowest BCUT2D eigenvalue weighted by Gasteiger charge is -2.23. The maximum atomic E-state index is 5.31. The monoisotopic (exact) mass is 193 g/mol. The van der Waals surface area contributed by atoms with Crippen LogP contribution >= 0.6 is 0 Å². The summed E-state index contributed by atoms with van der Waals surface area (Å²) in [4.78, 5) is 2.40. The Morgan fingerprint density at radius 2 is 1.93 bits per heavy atom. The normalized spacial score (nSPS) is 18.4. The summed E-state index contributed by atoms with van der Waals surface area (Å²) in [6, 6.07) is 4.28. The van der Waals surface area contributed by atoms with E-state index < -0.39 is 0 Å². The Bertz CT molecular complexity index is 278. The molecule has 0 bridgehead atoms. The molecule has 0 amide bonds. The van der Waals surface area contributed by atoms with Gasteiger partial charge in [0.1, 0.15) is 0 Å². The molecule has 0 radical (unpaired) electrons. The van der Waals surface area contributed by atoms with Gasteiger partial charge in [-0.25, -0.2) is 4.90 Å². The highest BCUT2D eigenvalue weighted by atomic mass is 16.5. The van der Waals surface area contributed by atoms with Crippen molar-refractivity contribution in [1.82, 2.24) is 4.90 Å². The first-order valence-electron chi connectivity index (χ1n) is 5.10. The number of hydrogen-bond acceptors (Lipinski definition) is 2. The molecule has 1 aromatic rings. The highest BCUT2D eigenvalue weighted by Crippen LogP contribution is 1.96. The Morgan fingerprint density at radius 3 is 2.57 bits per heavy atom. The molecule has 2 rings (SSSR count). The van der Waals surface area contributed by atoms with Gasteiger partial charge in [-0.15, -0.1) is 0 Å². The van der Waals surface area contributed by atoms with Gasteiger partial charge in [0.2, 0.25) is 6.67 Å². The lowest BCUT2D eigenvalue weighted by molar-refractivity contribution is -0.716. The van der Waals surface area contributed by atoms with E-state index in [1.807, 2.05) is 0 Å². The Hall–Kier alpha value is -0.930. The number of aryl methyl sites for hydroxylation is 1. The average molecular weight is 193 g/mol. The number of aromatic nitrogens is 1. The van der Waals surface area contributed by atoms with Gasteiger partial charge in [-0.3, -0.25) is 0 Å². The van der Waals surface area contributed by atoms with Crippen LogP contribution in [0.3, 0.4) is 0 Å². The molecule has 14 heavy (non-hydrogen) atoms. The van der Waals surface area contributed by atoms with Crippen LogP contribution in [-0.4, -0.2) is 31.2 Å². The summed E-state index contributed by atoms with van der Waals surface area (Å²) >= 11 is 0. The first kappa shape index (κ1) is 9.62. The van der Waals surface area contributed by atoms with Crippen LogP contribution < -0.4 is 4.57 Å². The van der Waals surface area contributed by atoms with E-state index in [1.165, 1.54) is 5.56 Å². The van der Waals surface area contributed by atoms with Gasteiger partial charge in [-0.2, -0.15) is 4.57 Å². The second-order valence-corrected chi connectivity index (χ2v) is 3.76. The topological polar surface area (TPSA) is 16.4 Å². The molecule has 0 aromatic carbocycles. The third-order valence-corrected chi connectivity index (χ3v) is 2.52. The zero-order chi connectivity index (χ0) is 9.80. The average Bonchev–Trinajstić information content (AvgIpc) is 2.23. The zero-order valence-corrected chi connectivity index (χ0v) is 8.65. The van der Waals surface area contributed by atoms with Crippen molar-refractivity contribution >= 4 is 0 Å². The molecule has 0 saturated carbocycles. The van der Waals surface area contributed by atoms with E-state index in [4.69, 9.17) is 4.74 Å². The lowest BCUT2D eigenvalue weighted by atomic mass is 10.3. The van der Waals surface area contributed by atoms with Crippen molar-refractivity contribution in [1.29, 1.82) is 0 Å². The number of nitrogens with zero attached hydrogens (tertiary/aromatic N) is 2. The molecule has 1 fully saturated rings. The second-order valence-electron chi connectivity index (χ2n) is 3.76. The quantitative estimate of drug-likeness (QED) is 0.639. The Kier molecular flexibility index (Phi) is 3.11. The van der Waals surface area contributed by atoms with Gasteiger partial charge in [-0.1, -0.05) is 0 Å². The first-order chi connectivity index (χ1) is 6.84. The van der Waals surface area contributed by atoms with Crippen molar-refractivity contribution in [3.05, 3.63) is 30.1 Å². The van der Waals surface area contributed by atoms with E-state index in [1.54, 1.807) is 0 Å². The molecule has 1 aliphatic rings. The Balaban J connectivity index is 1.92. The van der Waals surface area contributed by atoms with Crippen molar-refractivity contribution in [2.45, 2.75) is 13.6 Å². The number of morpholine rings is 1. The Morgan fingerprint density at radius 1 is 1.29 bits per heavy atom. The van der Waals surface area contributed by atoms with E-state index >= 15 is 0 Å². The van der Waals surface area contributed by atoms with Crippen LogP contribution in [0.4, 0.5) is 0 Å². The van der Waals surface area contributed by atoms with Crippen molar-refractivity contribution in [3.8, 4) is 0 Å². The minimum Gasteiger partial charge on any atom is -0.379 e. The van der Waals surface area contributed by atoms with Crippen LogP contribution in [0.1, 0.15) is 5.56 Å². The first-order valence-corrected chi connectivity index (χ1v) is 5.10. The fourth-order valence-corrected chi connectivity index (χ4v) is 1.60. The molecule has 0 unspecified atom stereocenters. The maximum absolute atomic E-state index is 5.31. The molecular weight excluding hydrogens is 176 g/mol. The van der Waals surface area contributed by atoms with Gasteiger partial charge < -0.3 is 4.74 Å². The smallest absolute Gasteiger partial charge is 0.204 e. The second kappa shape index (κ2) is 4.53. The number of pyridine rings is 1. The van der Waals surface area contributed by atoms with E-state index in [2.05, 4.69) is 40.9 Å². The highest BCUT2D eigenvalue weighted by molar-refractivity contribution is 5.03. The van der Waals surface area contributed by atoms with Gasteiger partial charge in [-0.05, 0) is 12.5 Å². The molecule has 2 heterocycles. The lowest BCUT2D eigenvalue weighted by Crippen LogP contribution is -2.47. The van der Waals surface area contributed by atoms with Crippen molar-refractivity contribution in [2.24, 2.45) is 0 Å². The van der Waals surface area contributed by atoms with Gasteiger partial charge in [0.15, 0.2) is 12.4 Å². The molecule has 76 valence electrons. The predicted molar refractivity (Wildman–Crippen MR) is 53.8 cm³/mol. The predicted octanol–water partition coefficient (Wildman–Crippen LogP) is 0.572. The summed E-state index contributed by atoms with van der Waals surface area (Å²) in [5.74, 6) is 0. The Labute approximate surface area is 84.9 Å². The van der Waals surface area contributed by atoms with Crippen LogP contribution in [0, 0.1) is 6.92 Å². The molecular formula is C11H17N2O+. The minimum atomic E-state index is 0.867. The fraction of sp³-hybridized carbons (Fsp3) is 0.545. The summed E-state index contributed by atoms with van der Waals surface area (Å²) < 4.78 is 7.51. The molecule has 0 aliphatic carbocycles. The van der Waals surface area contributed by atoms with E-state index in [0.717, 1.165) is 33.0 Å². The highest BCUT2D eigenvalue weighted by Gasteiger charge is 2.13. The van der Waals surface area contributed by atoms with Gasteiger partial charge in [0.25, 0.3) is 0 Å². The number of rotatable bonds is 2. The summed E-state index contributed by atoms with van der Waals surface area (Å²) in [5.41, 5.74) is 1.31. The minimum absolute atomic E-state index is 0.867. The molecule has 0 atom stereocenters. The van der Waals surface area contributed by atoms with Crippen molar-refractivity contribution < 1.29 is 9.30 Å². The molecule has 3 nitrogen and oxygen atoms in total. The van der Waals surface area contributed by atoms with Gasteiger partial charge in [0, 0.05) is 25.2 Å². The molecule has 0 spiro atoms. The summed E-state index contributed by atoms with van der Waals surface area (Å²) in [7, 11) is 0. The third-order valence-electron chi connectivity index (χ3n) is 2.52. The molecule has 1 saturated heterocycles. The van der Waals surface area contributed by atoms with Crippen molar-refractivity contribution in [2.75, 3.05) is 26.3 Å². The number of hydrogen-bond donors (Lipinski definition) is 0. The largest absolute Gasteiger partial charge is 0.379 e. The van der Waals surface area contributed by atoms with E-state index in [9.17, 15) is 0 Å². The molecule has 3 heteroatoms. The SMILES string of the molecule is Cc1cc[n+](CN2CCOCC2)cc1. The molecule has 1 aromatic heterocycles. The van der Waals surface area contributed by atoms with Crippen LogP contribution in [0.25, 0.3) is 0 Å². The third kappa shape index (κ3) is 2.53. The zero-order valence-electron chi connectivity index (χ0n) is 8.65.